The summed E-state index contributed by atoms with van der Waals surface area (Å²) in [4.78, 5) is 0. The number of hydrogen-bond acceptors (Lipinski definition) is 3. The zero-order valence-corrected chi connectivity index (χ0v) is 23.6. The molecule has 0 bridgehead atoms. The Kier molecular flexibility index (Phi) is 35.4. The van der Waals surface area contributed by atoms with Crippen molar-refractivity contribution in [2.75, 3.05) is 19.4 Å². The fourth-order valence-electron chi connectivity index (χ4n) is 3.49. The standard InChI is InChI=1S/C24H50O3P.C2H7P/c1-3-5-7-9-11-13-15-17-19-21-23-26-28(25)27-24-22-20-18-16-14-12-10-8-6-4-2;1-2-3/h3-24H2,1-2H3;2-3H2,1H3/q+1;. The Morgan fingerprint density at radius 3 is 0.968 bits per heavy atom. The van der Waals surface area contributed by atoms with Gasteiger partial charge in [0.05, 0.1) is 0 Å². The van der Waals surface area contributed by atoms with Gasteiger partial charge in [0.1, 0.15) is 13.2 Å². The van der Waals surface area contributed by atoms with Crippen LogP contribution < -0.4 is 0 Å². The largest absolute Gasteiger partial charge is 0.697 e. The maximum atomic E-state index is 11.7. The first-order chi connectivity index (χ1) is 15.2. The molecule has 0 aliphatic rings. The van der Waals surface area contributed by atoms with E-state index in [0.29, 0.717) is 13.2 Å². The Bertz CT molecular complexity index is 300. The zero-order chi connectivity index (χ0) is 23.3. The number of hydrogen-bond donors (Lipinski definition) is 0. The maximum absolute atomic E-state index is 11.7. The summed E-state index contributed by atoms with van der Waals surface area (Å²) >= 11 is 0. The van der Waals surface area contributed by atoms with Crippen LogP contribution in [0.1, 0.15) is 149 Å². The van der Waals surface area contributed by atoms with Gasteiger partial charge in [-0.3, -0.25) is 0 Å². The van der Waals surface area contributed by atoms with E-state index in [-0.39, 0.29) is 0 Å². The molecule has 1 atom stereocenters. The van der Waals surface area contributed by atoms with Gasteiger partial charge in [-0.05, 0) is 19.0 Å². The van der Waals surface area contributed by atoms with Gasteiger partial charge in [0.25, 0.3) is 0 Å². The molecule has 0 rings (SSSR count). The van der Waals surface area contributed by atoms with E-state index >= 15 is 0 Å². The van der Waals surface area contributed by atoms with Crippen LogP contribution in [0.5, 0.6) is 0 Å². The highest BCUT2D eigenvalue weighted by molar-refractivity contribution is 7.33. The van der Waals surface area contributed by atoms with E-state index in [1.165, 1.54) is 122 Å². The summed E-state index contributed by atoms with van der Waals surface area (Å²) in [6.07, 6.45) is 27.2. The monoisotopic (exact) mass is 479 g/mol. The van der Waals surface area contributed by atoms with Crippen LogP contribution in [0.25, 0.3) is 0 Å². The van der Waals surface area contributed by atoms with Gasteiger partial charge in [-0.15, -0.1) is 18.3 Å². The molecule has 3 nitrogen and oxygen atoms in total. The third kappa shape index (κ3) is 35.2. The van der Waals surface area contributed by atoms with Crippen LogP contribution in [0.15, 0.2) is 0 Å². The number of rotatable bonds is 24. The first-order valence-corrected chi connectivity index (χ1v) is 15.6. The van der Waals surface area contributed by atoms with Gasteiger partial charge in [-0.1, -0.05) is 136 Å². The fourth-order valence-corrected chi connectivity index (χ4v) is 4.13. The molecule has 188 valence electrons. The van der Waals surface area contributed by atoms with E-state index in [1.54, 1.807) is 0 Å². The average molecular weight is 480 g/mol. The molecule has 5 heteroatoms. The van der Waals surface area contributed by atoms with Crippen molar-refractivity contribution in [1.29, 1.82) is 0 Å². The predicted octanol–water partition coefficient (Wildman–Crippen LogP) is 10.4. The molecule has 0 aromatic carbocycles. The molecule has 1 unspecified atom stereocenters. The van der Waals surface area contributed by atoms with Crippen molar-refractivity contribution in [2.45, 2.75) is 149 Å². The maximum Gasteiger partial charge on any atom is 0.697 e. The van der Waals surface area contributed by atoms with Crippen LogP contribution in [0.2, 0.25) is 0 Å². The van der Waals surface area contributed by atoms with Gasteiger partial charge < -0.3 is 0 Å². The van der Waals surface area contributed by atoms with Crippen LogP contribution in [0.3, 0.4) is 0 Å². The Balaban J connectivity index is 0. The van der Waals surface area contributed by atoms with Crippen molar-refractivity contribution in [2.24, 2.45) is 0 Å². The second-order valence-electron chi connectivity index (χ2n) is 8.66. The molecule has 0 radical (unpaired) electrons. The minimum Gasteiger partial charge on any atom is -0.138 e. The second kappa shape index (κ2) is 32.6. The molecule has 0 N–H and O–H groups in total. The third-order valence-electron chi connectivity index (χ3n) is 5.39. The summed E-state index contributed by atoms with van der Waals surface area (Å²) < 4.78 is 22.3. The Morgan fingerprint density at radius 2 is 0.710 bits per heavy atom. The molecule has 0 aliphatic heterocycles. The van der Waals surface area contributed by atoms with E-state index < -0.39 is 8.25 Å². The lowest BCUT2D eigenvalue weighted by molar-refractivity contribution is 0.218. The first-order valence-electron chi connectivity index (χ1n) is 13.7. The molecule has 0 aromatic rings. The number of unbranched alkanes of at least 4 members (excludes halogenated alkanes) is 18. The molecule has 0 spiro atoms. The summed E-state index contributed by atoms with van der Waals surface area (Å²) in [6, 6.07) is 0. The average Bonchev–Trinajstić information content (AvgIpc) is 2.76. The van der Waals surface area contributed by atoms with Crippen molar-refractivity contribution in [1.82, 2.24) is 0 Å². The highest BCUT2D eigenvalue weighted by Crippen LogP contribution is 2.25. The van der Waals surface area contributed by atoms with Gasteiger partial charge in [-0.25, -0.2) is 0 Å². The van der Waals surface area contributed by atoms with Crippen molar-refractivity contribution in [3.63, 3.8) is 0 Å². The van der Waals surface area contributed by atoms with E-state index in [4.69, 9.17) is 9.05 Å². The molecular weight excluding hydrogens is 422 g/mol. The van der Waals surface area contributed by atoms with Gasteiger partial charge in [0, 0.05) is 4.57 Å². The Morgan fingerprint density at radius 1 is 0.484 bits per heavy atom. The van der Waals surface area contributed by atoms with Gasteiger partial charge >= 0.3 is 8.25 Å². The normalized spacial score (nSPS) is 10.7. The molecule has 31 heavy (non-hydrogen) atoms. The third-order valence-corrected chi connectivity index (χ3v) is 6.18. The second-order valence-corrected chi connectivity index (χ2v) is 10.4. The van der Waals surface area contributed by atoms with E-state index in [2.05, 4.69) is 30.0 Å². The lowest BCUT2D eigenvalue weighted by atomic mass is 10.1. The lowest BCUT2D eigenvalue weighted by Crippen LogP contribution is -1.92. The van der Waals surface area contributed by atoms with Gasteiger partial charge in [0.2, 0.25) is 0 Å². The molecule has 0 heterocycles. The lowest BCUT2D eigenvalue weighted by Gasteiger charge is -2.01. The van der Waals surface area contributed by atoms with E-state index in [9.17, 15) is 4.57 Å². The molecule has 0 amide bonds. The Labute approximate surface area is 199 Å². The summed E-state index contributed by atoms with van der Waals surface area (Å²) in [5, 5.41) is 0. The smallest absolute Gasteiger partial charge is 0.138 e. The van der Waals surface area contributed by atoms with Crippen molar-refractivity contribution in [3.8, 4) is 0 Å². The summed E-state index contributed by atoms with van der Waals surface area (Å²) in [6.45, 7) is 7.76. The summed E-state index contributed by atoms with van der Waals surface area (Å²) in [7, 11) is 0.676. The highest BCUT2D eigenvalue weighted by atomic mass is 31.1. The van der Waals surface area contributed by atoms with Crippen LogP contribution in [-0.2, 0) is 13.6 Å². The zero-order valence-electron chi connectivity index (χ0n) is 21.5. The van der Waals surface area contributed by atoms with Crippen molar-refractivity contribution in [3.05, 3.63) is 0 Å². The minimum absolute atomic E-state index is 0.573. The van der Waals surface area contributed by atoms with Gasteiger partial charge in [-0.2, -0.15) is 0 Å². The van der Waals surface area contributed by atoms with E-state index in [0.717, 1.165) is 12.8 Å². The minimum atomic E-state index is -1.90. The van der Waals surface area contributed by atoms with Crippen molar-refractivity contribution < 1.29 is 13.6 Å². The SMILES string of the molecule is CCCCCCCCCCCCO[P+](=O)OCCCCCCCCCCCC.CCP. The van der Waals surface area contributed by atoms with E-state index in [1.807, 2.05) is 0 Å². The summed E-state index contributed by atoms with van der Waals surface area (Å²) in [5.74, 6) is 0. The van der Waals surface area contributed by atoms with Crippen LogP contribution >= 0.6 is 17.5 Å². The van der Waals surface area contributed by atoms with Gasteiger partial charge in [0.15, 0.2) is 0 Å². The predicted molar refractivity (Wildman–Crippen MR) is 143 cm³/mol. The molecule has 0 saturated carbocycles. The molecule has 0 aromatic heterocycles. The molecule has 0 fully saturated rings. The van der Waals surface area contributed by atoms with Crippen LogP contribution in [-0.4, -0.2) is 19.4 Å². The molecule has 0 aliphatic carbocycles. The Hall–Kier alpha value is 0.450. The van der Waals surface area contributed by atoms with Crippen LogP contribution in [0.4, 0.5) is 0 Å². The topological polar surface area (TPSA) is 35.5 Å². The van der Waals surface area contributed by atoms with Crippen molar-refractivity contribution >= 4 is 17.5 Å². The summed E-state index contributed by atoms with van der Waals surface area (Å²) in [5.41, 5.74) is 0. The molecular formula is C26H57O3P2+. The molecule has 0 saturated heterocycles. The quantitative estimate of drug-likeness (QED) is 0.102. The first kappa shape index (κ1) is 33.6. The fraction of sp³-hybridized carbons (Fsp3) is 1.00. The van der Waals surface area contributed by atoms with Crippen LogP contribution in [0, 0.1) is 0 Å². The highest BCUT2D eigenvalue weighted by Gasteiger charge is 2.18.